The highest BCUT2D eigenvalue weighted by Gasteiger charge is 2.10. The summed E-state index contributed by atoms with van der Waals surface area (Å²) in [5, 5.41) is 7.93. The first-order chi connectivity index (χ1) is 8.99. The van der Waals surface area contributed by atoms with E-state index in [0.717, 1.165) is 29.4 Å². The van der Waals surface area contributed by atoms with Crippen LogP contribution in [0.2, 0.25) is 0 Å². The average Bonchev–Trinajstić information content (AvgIpc) is 2.64. The summed E-state index contributed by atoms with van der Waals surface area (Å²) in [4.78, 5) is 4.67. The Labute approximate surface area is 114 Å². The molecule has 0 fully saturated rings. The van der Waals surface area contributed by atoms with Crippen LogP contribution in [-0.4, -0.2) is 20.8 Å². The van der Waals surface area contributed by atoms with Gasteiger partial charge in [-0.3, -0.25) is 0 Å². The Kier molecular flexibility index (Phi) is 4.00. The van der Waals surface area contributed by atoms with Gasteiger partial charge in [0, 0.05) is 18.3 Å². The van der Waals surface area contributed by atoms with E-state index in [-0.39, 0.29) is 0 Å². The summed E-state index contributed by atoms with van der Waals surface area (Å²) >= 11 is 0. The van der Waals surface area contributed by atoms with Gasteiger partial charge in [-0.25, -0.2) is 9.67 Å². The smallest absolute Gasteiger partial charge is 0.153 e. The van der Waals surface area contributed by atoms with E-state index in [0.29, 0.717) is 6.04 Å². The number of pyridine rings is 1. The van der Waals surface area contributed by atoms with Gasteiger partial charge in [-0.15, -0.1) is 0 Å². The zero-order valence-electron chi connectivity index (χ0n) is 12.4. The first-order valence-electron chi connectivity index (χ1n) is 6.71. The summed E-state index contributed by atoms with van der Waals surface area (Å²) in [6.07, 6.45) is 0. The molecule has 0 amide bonds. The molecule has 0 bridgehead atoms. The minimum Gasteiger partial charge on any atom is -0.309 e. The van der Waals surface area contributed by atoms with E-state index in [9.17, 15) is 0 Å². The summed E-state index contributed by atoms with van der Waals surface area (Å²) < 4.78 is 1.92. The van der Waals surface area contributed by atoms with Gasteiger partial charge in [-0.05, 0) is 38.5 Å². The van der Waals surface area contributed by atoms with Crippen LogP contribution in [0.15, 0.2) is 18.2 Å². The average molecular weight is 258 g/mol. The molecule has 0 aliphatic rings. The second-order valence-corrected chi connectivity index (χ2v) is 5.23. The van der Waals surface area contributed by atoms with E-state index in [2.05, 4.69) is 43.1 Å². The van der Waals surface area contributed by atoms with Crippen molar-refractivity contribution < 1.29 is 0 Å². The molecule has 2 rings (SSSR count). The molecule has 2 aromatic rings. The van der Waals surface area contributed by atoms with E-state index in [1.807, 2.05) is 29.8 Å². The number of aryl methyl sites for hydroxylation is 1. The molecule has 0 atom stereocenters. The maximum atomic E-state index is 4.67. The lowest BCUT2D eigenvalue weighted by Crippen LogP contribution is -2.22. The van der Waals surface area contributed by atoms with Gasteiger partial charge in [0.1, 0.15) is 0 Å². The van der Waals surface area contributed by atoms with Crippen molar-refractivity contribution in [3.63, 3.8) is 0 Å². The minimum atomic E-state index is 0.460. The van der Waals surface area contributed by atoms with Crippen molar-refractivity contribution in [2.45, 2.75) is 47.2 Å². The molecule has 0 saturated heterocycles. The van der Waals surface area contributed by atoms with Crippen LogP contribution in [0, 0.1) is 20.8 Å². The summed E-state index contributed by atoms with van der Waals surface area (Å²) in [5.41, 5.74) is 4.48. The van der Waals surface area contributed by atoms with Crippen molar-refractivity contribution in [3.8, 4) is 5.82 Å². The maximum absolute atomic E-state index is 4.67. The van der Waals surface area contributed by atoms with Gasteiger partial charge in [0.05, 0.1) is 11.4 Å². The number of nitrogens with one attached hydrogen (secondary N) is 1. The quantitative estimate of drug-likeness (QED) is 0.917. The Morgan fingerprint density at radius 1 is 1.21 bits per heavy atom. The van der Waals surface area contributed by atoms with Gasteiger partial charge < -0.3 is 5.32 Å². The Morgan fingerprint density at radius 3 is 2.53 bits per heavy atom. The molecule has 0 aliphatic carbocycles. The number of hydrogen-bond donors (Lipinski definition) is 1. The van der Waals surface area contributed by atoms with Crippen molar-refractivity contribution in [1.82, 2.24) is 20.1 Å². The SMILES string of the molecule is Cc1nn(-c2cccc(CNC(C)C)n2)c(C)c1C. The third-order valence-electron chi connectivity index (χ3n) is 3.35. The van der Waals surface area contributed by atoms with E-state index < -0.39 is 0 Å². The summed E-state index contributed by atoms with van der Waals surface area (Å²) in [6.45, 7) is 11.3. The van der Waals surface area contributed by atoms with Crippen molar-refractivity contribution in [2.24, 2.45) is 0 Å². The molecule has 0 spiro atoms. The first kappa shape index (κ1) is 13.7. The first-order valence-corrected chi connectivity index (χ1v) is 6.71. The predicted octanol–water partition coefficient (Wildman–Crippen LogP) is 2.69. The predicted molar refractivity (Wildman–Crippen MR) is 77.5 cm³/mol. The number of nitrogens with zero attached hydrogens (tertiary/aromatic N) is 3. The number of aromatic nitrogens is 3. The molecule has 1 N–H and O–H groups in total. The number of hydrogen-bond acceptors (Lipinski definition) is 3. The molecule has 4 heteroatoms. The zero-order valence-corrected chi connectivity index (χ0v) is 12.4. The molecule has 102 valence electrons. The third kappa shape index (κ3) is 3.01. The van der Waals surface area contributed by atoms with Crippen LogP contribution >= 0.6 is 0 Å². The molecule has 2 heterocycles. The maximum Gasteiger partial charge on any atom is 0.153 e. The minimum absolute atomic E-state index is 0.460. The van der Waals surface area contributed by atoms with Gasteiger partial charge in [0.25, 0.3) is 0 Å². The molecular weight excluding hydrogens is 236 g/mol. The van der Waals surface area contributed by atoms with Crippen molar-refractivity contribution in [1.29, 1.82) is 0 Å². The van der Waals surface area contributed by atoms with Crippen LogP contribution in [0.5, 0.6) is 0 Å². The molecular formula is C15H22N4. The van der Waals surface area contributed by atoms with Crippen LogP contribution in [-0.2, 0) is 6.54 Å². The van der Waals surface area contributed by atoms with Crippen molar-refractivity contribution in [2.75, 3.05) is 0 Å². The Hall–Kier alpha value is -1.68. The normalized spacial score (nSPS) is 11.3. The number of rotatable bonds is 4. The zero-order chi connectivity index (χ0) is 14.0. The lowest BCUT2D eigenvalue weighted by Gasteiger charge is -2.09. The Bertz CT molecular complexity index is 570. The third-order valence-corrected chi connectivity index (χ3v) is 3.35. The van der Waals surface area contributed by atoms with E-state index >= 15 is 0 Å². The van der Waals surface area contributed by atoms with Crippen LogP contribution in [0.3, 0.4) is 0 Å². The molecule has 0 unspecified atom stereocenters. The van der Waals surface area contributed by atoms with Gasteiger partial charge in [-0.2, -0.15) is 5.10 Å². The van der Waals surface area contributed by atoms with Crippen molar-refractivity contribution >= 4 is 0 Å². The largest absolute Gasteiger partial charge is 0.309 e. The molecule has 0 saturated carbocycles. The van der Waals surface area contributed by atoms with Crippen LogP contribution in [0.25, 0.3) is 5.82 Å². The highest BCUT2D eigenvalue weighted by Crippen LogP contribution is 2.15. The van der Waals surface area contributed by atoms with Crippen LogP contribution in [0.1, 0.15) is 36.5 Å². The highest BCUT2D eigenvalue weighted by atomic mass is 15.3. The lowest BCUT2D eigenvalue weighted by atomic mass is 10.2. The standard InChI is InChI=1S/C15H22N4/c1-10(2)16-9-14-7-6-8-15(17-14)19-13(5)11(3)12(4)18-19/h6-8,10,16H,9H2,1-5H3. The summed E-state index contributed by atoms with van der Waals surface area (Å²) in [6, 6.07) is 6.53. The fourth-order valence-corrected chi connectivity index (χ4v) is 1.94. The summed E-state index contributed by atoms with van der Waals surface area (Å²) in [7, 11) is 0. The van der Waals surface area contributed by atoms with Crippen LogP contribution < -0.4 is 5.32 Å². The molecule has 2 aromatic heterocycles. The van der Waals surface area contributed by atoms with Gasteiger partial charge in [0.2, 0.25) is 0 Å². The Morgan fingerprint density at radius 2 is 1.95 bits per heavy atom. The summed E-state index contributed by atoms with van der Waals surface area (Å²) in [5.74, 6) is 0.886. The molecule has 4 nitrogen and oxygen atoms in total. The van der Waals surface area contributed by atoms with E-state index in [4.69, 9.17) is 0 Å². The second-order valence-electron chi connectivity index (χ2n) is 5.23. The molecule has 0 aromatic carbocycles. The molecule has 0 radical (unpaired) electrons. The van der Waals surface area contributed by atoms with Gasteiger partial charge in [0.15, 0.2) is 5.82 Å². The van der Waals surface area contributed by atoms with E-state index in [1.165, 1.54) is 5.56 Å². The van der Waals surface area contributed by atoms with Gasteiger partial charge >= 0.3 is 0 Å². The molecule has 0 aliphatic heterocycles. The van der Waals surface area contributed by atoms with Gasteiger partial charge in [-0.1, -0.05) is 19.9 Å². The fraction of sp³-hybridized carbons (Fsp3) is 0.467. The van der Waals surface area contributed by atoms with Crippen molar-refractivity contribution in [3.05, 3.63) is 40.8 Å². The highest BCUT2D eigenvalue weighted by molar-refractivity contribution is 5.32. The lowest BCUT2D eigenvalue weighted by molar-refractivity contribution is 0.580. The van der Waals surface area contributed by atoms with E-state index in [1.54, 1.807) is 0 Å². The fourth-order valence-electron chi connectivity index (χ4n) is 1.94. The Balaban J connectivity index is 2.30. The monoisotopic (exact) mass is 258 g/mol. The second kappa shape index (κ2) is 5.53. The topological polar surface area (TPSA) is 42.7 Å². The van der Waals surface area contributed by atoms with Crippen LogP contribution in [0.4, 0.5) is 0 Å². The molecule has 19 heavy (non-hydrogen) atoms.